The maximum Gasteiger partial charge on any atom is 0.269 e. The Balaban J connectivity index is 0.00000480. The first-order chi connectivity index (χ1) is 21.5. The SMILES string of the molecule is Cl.O=[N+]([O-])c1ccc(S(=O)(=O)N(Cc2ccccc2)[C@H]2CNC[C@@H]2N(Cc2ccccc2)S(=O)(=O)c2ccc([N+](=O)[O-])cc2)cc1. The van der Waals surface area contributed by atoms with Gasteiger partial charge in [-0.25, -0.2) is 16.8 Å². The fourth-order valence-electron chi connectivity index (χ4n) is 5.28. The summed E-state index contributed by atoms with van der Waals surface area (Å²) in [5, 5.41) is 25.6. The number of nitro groups is 2. The van der Waals surface area contributed by atoms with Gasteiger partial charge >= 0.3 is 0 Å². The van der Waals surface area contributed by atoms with Gasteiger partial charge < -0.3 is 5.32 Å². The molecule has 0 radical (unpaired) electrons. The molecule has 0 aromatic heterocycles. The Hall–Kier alpha value is -4.25. The first-order valence-corrected chi connectivity index (χ1v) is 16.7. The van der Waals surface area contributed by atoms with Gasteiger partial charge in [-0.2, -0.15) is 8.61 Å². The highest BCUT2D eigenvalue weighted by molar-refractivity contribution is 7.89. The van der Waals surface area contributed by atoms with Gasteiger partial charge in [0.2, 0.25) is 20.0 Å². The van der Waals surface area contributed by atoms with E-state index in [4.69, 9.17) is 0 Å². The Labute approximate surface area is 272 Å². The Kier molecular flexibility index (Phi) is 10.9. The monoisotopic (exact) mass is 687 g/mol. The summed E-state index contributed by atoms with van der Waals surface area (Å²) in [6, 6.07) is 24.9. The second kappa shape index (κ2) is 14.5. The summed E-state index contributed by atoms with van der Waals surface area (Å²) in [5.74, 6) is 0. The van der Waals surface area contributed by atoms with Crippen LogP contribution in [0.3, 0.4) is 0 Å². The molecule has 4 aromatic rings. The molecule has 4 aromatic carbocycles. The van der Waals surface area contributed by atoms with E-state index in [9.17, 15) is 37.1 Å². The lowest BCUT2D eigenvalue weighted by Crippen LogP contribution is -2.54. The topological polar surface area (TPSA) is 173 Å². The van der Waals surface area contributed by atoms with E-state index in [1.165, 1.54) is 8.61 Å². The van der Waals surface area contributed by atoms with Crippen LogP contribution in [0.5, 0.6) is 0 Å². The van der Waals surface area contributed by atoms with Gasteiger partial charge in [0.1, 0.15) is 0 Å². The number of nitro benzene ring substituents is 2. The molecule has 46 heavy (non-hydrogen) atoms. The number of non-ortho nitro benzene ring substituents is 2. The zero-order chi connectivity index (χ0) is 32.2. The molecule has 1 aliphatic heterocycles. The highest BCUT2D eigenvalue weighted by atomic mass is 35.5. The molecule has 5 rings (SSSR count). The van der Waals surface area contributed by atoms with E-state index in [1.54, 1.807) is 60.7 Å². The molecule has 2 atom stereocenters. The van der Waals surface area contributed by atoms with E-state index in [-0.39, 0.29) is 59.8 Å². The summed E-state index contributed by atoms with van der Waals surface area (Å²) < 4.78 is 59.5. The van der Waals surface area contributed by atoms with Gasteiger partial charge in [0.05, 0.1) is 31.7 Å². The van der Waals surface area contributed by atoms with Crippen molar-refractivity contribution in [1.82, 2.24) is 13.9 Å². The van der Waals surface area contributed by atoms with Crippen molar-refractivity contribution in [2.45, 2.75) is 35.0 Å². The zero-order valence-electron chi connectivity index (χ0n) is 24.2. The number of rotatable bonds is 12. The van der Waals surface area contributed by atoms with Crippen LogP contribution >= 0.6 is 12.4 Å². The third-order valence-corrected chi connectivity index (χ3v) is 11.3. The van der Waals surface area contributed by atoms with Crippen molar-refractivity contribution >= 4 is 43.8 Å². The minimum absolute atomic E-state index is 0. The van der Waals surface area contributed by atoms with Crippen LogP contribution in [-0.4, -0.2) is 60.5 Å². The summed E-state index contributed by atoms with van der Waals surface area (Å²) in [6.45, 7) is 0.0368. The van der Waals surface area contributed by atoms with Crippen molar-refractivity contribution in [3.8, 4) is 0 Å². The van der Waals surface area contributed by atoms with E-state index >= 15 is 0 Å². The minimum atomic E-state index is -4.32. The molecule has 13 nitrogen and oxygen atoms in total. The van der Waals surface area contributed by atoms with Crippen LogP contribution in [0, 0.1) is 20.2 Å². The summed E-state index contributed by atoms with van der Waals surface area (Å²) >= 11 is 0. The Morgan fingerprint density at radius 1 is 0.587 bits per heavy atom. The third kappa shape index (κ3) is 7.41. The van der Waals surface area contributed by atoms with Gasteiger partial charge in [0, 0.05) is 50.4 Å². The molecule has 1 aliphatic rings. The third-order valence-electron chi connectivity index (χ3n) is 7.56. The zero-order valence-corrected chi connectivity index (χ0v) is 26.6. The maximum absolute atomic E-state index is 14.2. The highest BCUT2D eigenvalue weighted by Gasteiger charge is 2.45. The van der Waals surface area contributed by atoms with Crippen molar-refractivity contribution in [1.29, 1.82) is 0 Å². The van der Waals surface area contributed by atoms with Crippen molar-refractivity contribution in [2.24, 2.45) is 0 Å². The quantitative estimate of drug-likeness (QED) is 0.168. The molecular formula is C30H30ClN5O8S2. The summed E-state index contributed by atoms with van der Waals surface area (Å²) in [4.78, 5) is 20.8. The van der Waals surface area contributed by atoms with Crippen LogP contribution in [0.4, 0.5) is 11.4 Å². The van der Waals surface area contributed by atoms with Gasteiger partial charge in [-0.3, -0.25) is 20.2 Å². The van der Waals surface area contributed by atoms with Crippen molar-refractivity contribution in [2.75, 3.05) is 13.1 Å². The molecule has 0 spiro atoms. The lowest BCUT2D eigenvalue weighted by atomic mass is 10.1. The number of hydrogen-bond donors (Lipinski definition) is 1. The second-order valence-electron chi connectivity index (χ2n) is 10.4. The van der Waals surface area contributed by atoms with Gasteiger partial charge in [-0.1, -0.05) is 60.7 Å². The van der Waals surface area contributed by atoms with Crippen LogP contribution < -0.4 is 5.32 Å². The predicted octanol–water partition coefficient (Wildman–Crippen LogP) is 4.35. The molecular weight excluding hydrogens is 658 g/mol. The Morgan fingerprint density at radius 2 is 0.913 bits per heavy atom. The van der Waals surface area contributed by atoms with Crippen LogP contribution in [0.25, 0.3) is 0 Å². The van der Waals surface area contributed by atoms with E-state index < -0.39 is 42.0 Å². The molecule has 16 heteroatoms. The normalized spacial score (nSPS) is 16.7. The van der Waals surface area contributed by atoms with E-state index in [2.05, 4.69) is 5.32 Å². The van der Waals surface area contributed by atoms with E-state index in [0.717, 1.165) is 48.5 Å². The van der Waals surface area contributed by atoms with Gasteiger partial charge in [-0.15, -0.1) is 12.4 Å². The lowest BCUT2D eigenvalue weighted by molar-refractivity contribution is -0.385. The number of hydrogen-bond acceptors (Lipinski definition) is 9. The van der Waals surface area contributed by atoms with Crippen molar-refractivity contribution < 1.29 is 26.7 Å². The lowest BCUT2D eigenvalue weighted by Gasteiger charge is -2.37. The fourth-order valence-corrected chi connectivity index (χ4v) is 8.56. The van der Waals surface area contributed by atoms with E-state index in [0.29, 0.717) is 11.1 Å². The van der Waals surface area contributed by atoms with Gasteiger partial charge in [0.15, 0.2) is 0 Å². The Morgan fingerprint density at radius 3 is 1.22 bits per heavy atom. The number of nitrogens with one attached hydrogen (secondary N) is 1. The highest BCUT2D eigenvalue weighted by Crippen LogP contribution is 2.31. The molecule has 0 amide bonds. The molecule has 1 heterocycles. The smallest absolute Gasteiger partial charge is 0.269 e. The van der Waals surface area contributed by atoms with Gasteiger partial charge in [0.25, 0.3) is 11.4 Å². The Bertz CT molecular complexity index is 1740. The van der Waals surface area contributed by atoms with Crippen molar-refractivity contribution in [3.05, 3.63) is 141 Å². The average Bonchev–Trinajstić information content (AvgIpc) is 3.52. The first kappa shape index (κ1) is 34.6. The summed E-state index contributed by atoms with van der Waals surface area (Å²) in [5.41, 5.74) is 0.766. The second-order valence-corrected chi connectivity index (χ2v) is 14.1. The largest absolute Gasteiger partial charge is 0.313 e. The predicted molar refractivity (Wildman–Crippen MR) is 172 cm³/mol. The van der Waals surface area contributed by atoms with Crippen LogP contribution in [0.15, 0.2) is 119 Å². The van der Waals surface area contributed by atoms with Crippen LogP contribution in [-0.2, 0) is 33.1 Å². The molecule has 0 unspecified atom stereocenters. The number of nitrogens with zero attached hydrogens (tertiary/aromatic N) is 4. The maximum atomic E-state index is 14.2. The molecule has 0 saturated carbocycles. The number of benzene rings is 4. The molecule has 1 saturated heterocycles. The fraction of sp³-hybridized carbons (Fsp3) is 0.200. The first-order valence-electron chi connectivity index (χ1n) is 13.8. The molecule has 242 valence electrons. The van der Waals surface area contributed by atoms with Crippen LogP contribution in [0.2, 0.25) is 0 Å². The summed E-state index contributed by atoms with van der Waals surface area (Å²) in [7, 11) is -8.63. The van der Waals surface area contributed by atoms with E-state index in [1.807, 2.05) is 0 Å². The van der Waals surface area contributed by atoms with Crippen LogP contribution in [0.1, 0.15) is 11.1 Å². The standard InChI is InChI=1S/C30H29N5O8S2.ClH/c36-34(37)25-11-15-27(16-12-25)44(40,41)32(21-23-7-3-1-4-8-23)29-19-31-20-30(29)33(22-24-9-5-2-6-10-24)45(42,43)28-17-13-26(14-18-28)35(38)39;/h1-18,29-31H,19-22H2;1H/t29-,30-;/m0./s1. The average molecular weight is 688 g/mol. The van der Waals surface area contributed by atoms with Crippen molar-refractivity contribution in [3.63, 3.8) is 0 Å². The molecule has 1 N–H and O–H groups in total. The van der Waals surface area contributed by atoms with Gasteiger partial charge in [-0.05, 0) is 35.4 Å². The molecule has 0 bridgehead atoms. The minimum Gasteiger partial charge on any atom is -0.313 e. The summed E-state index contributed by atoms with van der Waals surface area (Å²) in [6.07, 6.45) is 0. The number of sulfonamides is 2. The molecule has 1 fully saturated rings. The number of halogens is 1. The molecule has 0 aliphatic carbocycles.